The number of likely N-dealkylation sites (N-methyl/N-ethyl adjacent to an activating group) is 1. The topological polar surface area (TPSA) is 86.8 Å². The molecule has 1 atom stereocenters. The van der Waals surface area contributed by atoms with Gasteiger partial charge in [-0.1, -0.05) is 29.8 Å². The maximum atomic E-state index is 14.2. The van der Waals surface area contributed by atoms with Gasteiger partial charge in [-0.2, -0.15) is 0 Å². The summed E-state index contributed by atoms with van der Waals surface area (Å²) in [4.78, 5) is 26.4. The summed E-state index contributed by atoms with van der Waals surface area (Å²) in [7, 11) is -2.60. The molecule has 0 heterocycles. The lowest BCUT2D eigenvalue weighted by Gasteiger charge is -2.31. The van der Waals surface area contributed by atoms with E-state index in [1.807, 2.05) is 0 Å². The number of benzene rings is 2. The van der Waals surface area contributed by atoms with Crippen molar-refractivity contribution in [1.29, 1.82) is 0 Å². The molecule has 11 heteroatoms. The van der Waals surface area contributed by atoms with Crippen LogP contribution in [0, 0.1) is 11.6 Å². The van der Waals surface area contributed by atoms with Crippen LogP contribution < -0.4 is 9.62 Å². The molecule has 7 nitrogen and oxygen atoms in total. The molecule has 0 saturated carbocycles. The average molecular weight is 474 g/mol. The Bertz CT molecular complexity index is 1080. The number of amides is 2. The van der Waals surface area contributed by atoms with Gasteiger partial charge >= 0.3 is 0 Å². The fourth-order valence-corrected chi connectivity index (χ4v) is 3.87. The number of nitrogens with zero attached hydrogens (tertiary/aromatic N) is 2. The third-order valence-electron chi connectivity index (χ3n) is 4.58. The van der Waals surface area contributed by atoms with Crippen LogP contribution in [0.15, 0.2) is 42.5 Å². The molecule has 2 aromatic rings. The summed E-state index contributed by atoms with van der Waals surface area (Å²) in [6.07, 6.45) is 0.876. The summed E-state index contributed by atoms with van der Waals surface area (Å²) in [5.74, 6) is -2.60. The molecular weight excluding hydrogens is 452 g/mol. The zero-order valence-electron chi connectivity index (χ0n) is 17.1. The zero-order chi connectivity index (χ0) is 23.3. The molecule has 2 aromatic carbocycles. The number of carbonyl (C=O) groups is 2. The highest BCUT2D eigenvalue weighted by Gasteiger charge is 2.30. The number of sulfonamides is 1. The van der Waals surface area contributed by atoms with Gasteiger partial charge in [0.1, 0.15) is 24.2 Å². The van der Waals surface area contributed by atoms with Crippen molar-refractivity contribution >= 4 is 39.1 Å². The average Bonchev–Trinajstić information content (AvgIpc) is 2.71. The molecule has 0 spiro atoms. The number of hydrogen-bond acceptors (Lipinski definition) is 4. The van der Waals surface area contributed by atoms with Gasteiger partial charge in [-0.25, -0.2) is 17.2 Å². The molecular formula is C20H22ClF2N3O4S. The molecule has 0 aliphatic heterocycles. The first-order valence-corrected chi connectivity index (χ1v) is 11.4. The van der Waals surface area contributed by atoms with E-state index in [-0.39, 0.29) is 22.8 Å². The van der Waals surface area contributed by atoms with Crippen molar-refractivity contribution in [2.75, 3.05) is 24.2 Å². The van der Waals surface area contributed by atoms with Crippen molar-refractivity contribution in [2.45, 2.75) is 19.5 Å². The first-order valence-electron chi connectivity index (χ1n) is 9.13. The van der Waals surface area contributed by atoms with Gasteiger partial charge in [0.05, 0.1) is 17.0 Å². The Hall–Kier alpha value is -2.72. The van der Waals surface area contributed by atoms with E-state index in [1.165, 1.54) is 38.2 Å². The molecule has 0 bridgehead atoms. The first kappa shape index (κ1) is 24.5. The normalized spacial score (nSPS) is 12.2. The summed E-state index contributed by atoms with van der Waals surface area (Å²) in [5.41, 5.74) is 0.128. The minimum absolute atomic E-state index is 0.0271. The van der Waals surface area contributed by atoms with E-state index in [4.69, 9.17) is 11.6 Å². The van der Waals surface area contributed by atoms with Crippen LogP contribution in [0.5, 0.6) is 0 Å². The Labute approximate surface area is 184 Å². The Balaban J connectivity index is 2.42. The molecule has 0 aliphatic carbocycles. The van der Waals surface area contributed by atoms with Crippen LogP contribution in [0.3, 0.4) is 0 Å². The molecule has 0 saturated heterocycles. The predicted octanol–water partition coefficient (Wildman–Crippen LogP) is 2.55. The standard InChI is InChI=1S/C20H22ClF2N3O4S/c1-13(20(28)24-2)25(11-14-6-4-5-7-17(14)22)19(27)12-26(31(3,29)30)15-8-9-18(23)16(21)10-15/h4-10,13H,11-12H2,1-3H3,(H,24,28)/t13-/m0/s1. The van der Waals surface area contributed by atoms with Crippen molar-refractivity contribution in [2.24, 2.45) is 0 Å². The Kier molecular flexibility index (Phi) is 7.96. The second-order valence-electron chi connectivity index (χ2n) is 6.77. The Morgan fingerprint density at radius 2 is 1.77 bits per heavy atom. The summed E-state index contributed by atoms with van der Waals surface area (Å²) in [6, 6.07) is 7.94. The van der Waals surface area contributed by atoms with E-state index < -0.39 is 46.1 Å². The molecule has 0 fully saturated rings. The van der Waals surface area contributed by atoms with Gasteiger partial charge in [0.2, 0.25) is 21.8 Å². The monoisotopic (exact) mass is 473 g/mol. The van der Waals surface area contributed by atoms with E-state index in [1.54, 1.807) is 6.07 Å². The van der Waals surface area contributed by atoms with E-state index in [0.717, 1.165) is 27.6 Å². The fraction of sp³-hybridized carbons (Fsp3) is 0.300. The summed E-state index contributed by atoms with van der Waals surface area (Å²) >= 11 is 5.76. The fourth-order valence-electron chi connectivity index (χ4n) is 2.86. The molecule has 31 heavy (non-hydrogen) atoms. The quantitative estimate of drug-likeness (QED) is 0.638. The molecule has 2 amide bonds. The van der Waals surface area contributed by atoms with E-state index in [2.05, 4.69) is 5.32 Å². The number of hydrogen-bond donors (Lipinski definition) is 1. The van der Waals surface area contributed by atoms with Crippen LogP contribution in [0.1, 0.15) is 12.5 Å². The van der Waals surface area contributed by atoms with Gasteiger partial charge in [-0.05, 0) is 31.2 Å². The maximum absolute atomic E-state index is 14.2. The highest BCUT2D eigenvalue weighted by Crippen LogP contribution is 2.25. The number of carbonyl (C=O) groups excluding carboxylic acids is 2. The smallest absolute Gasteiger partial charge is 0.244 e. The van der Waals surface area contributed by atoms with Gasteiger partial charge in [0, 0.05) is 19.2 Å². The minimum Gasteiger partial charge on any atom is -0.357 e. The van der Waals surface area contributed by atoms with Crippen LogP contribution in [-0.4, -0.2) is 51.0 Å². The van der Waals surface area contributed by atoms with Gasteiger partial charge in [-0.3, -0.25) is 13.9 Å². The molecule has 0 unspecified atom stereocenters. The maximum Gasteiger partial charge on any atom is 0.244 e. The number of nitrogens with one attached hydrogen (secondary N) is 1. The number of halogens is 3. The second-order valence-corrected chi connectivity index (χ2v) is 9.09. The third kappa shape index (κ3) is 6.14. The second kappa shape index (κ2) is 10.1. The molecule has 0 radical (unpaired) electrons. The van der Waals surface area contributed by atoms with E-state index in [0.29, 0.717) is 0 Å². The van der Waals surface area contributed by atoms with Crippen LogP contribution in [-0.2, 0) is 26.2 Å². The highest BCUT2D eigenvalue weighted by atomic mass is 35.5. The summed E-state index contributed by atoms with van der Waals surface area (Å²) < 4.78 is 53.1. The predicted molar refractivity (Wildman–Crippen MR) is 114 cm³/mol. The highest BCUT2D eigenvalue weighted by molar-refractivity contribution is 7.92. The first-order chi connectivity index (χ1) is 14.5. The third-order valence-corrected chi connectivity index (χ3v) is 6.01. The molecule has 0 aliphatic rings. The Morgan fingerprint density at radius 1 is 1.13 bits per heavy atom. The summed E-state index contributed by atoms with van der Waals surface area (Å²) in [5, 5.41) is 2.09. The van der Waals surface area contributed by atoms with Crippen LogP contribution in [0.4, 0.5) is 14.5 Å². The molecule has 1 N–H and O–H groups in total. The van der Waals surface area contributed by atoms with Crippen molar-refractivity contribution in [3.05, 3.63) is 64.7 Å². The summed E-state index contributed by atoms with van der Waals surface area (Å²) in [6.45, 7) is 0.482. The van der Waals surface area contributed by atoms with Crippen molar-refractivity contribution in [3.8, 4) is 0 Å². The SMILES string of the molecule is CNC(=O)[C@H](C)N(Cc1ccccc1F)C(=O)CN(c1ccc(F)c(Cl)c1)S(C)(=O)=O. The van der Waals surface area contributed by atoms with Crippen LogP contribution >= 0.6 is 11.6 Å². The minimum atomic E-state index is -3.98. The lowest BCUT2D eigenvalue weighted by Crippen LogP contribution is -2.50. The largest absolute Gasteiger partial charge is 0.357 e. The van der Waals surface area contributed by atoms with Gasteiger partial charge in [0.25, 0.3) is 0 Å². The lowest BCUT2D eigenvalue weighted by molar-refractivity contribution is -0.139. The van der Waals surface area contributed by atoms with Crippen molar-refractivity contribution < 1.29 is 26.8 Å². The molecule has 2 rings (SSSR count). The van der Waals surface area contributed by atoms with E-state index >= 15 is 0 Å². The van der Waals surface area contributed by atoms with Gasteiger partial charge in [-0.15, -0.1) is 0 Å². The van der Waals surface area contributed by atoms with E-state index in [9.17, 15) is 26.8 Å². The molecule has 0 aromatic heterocycles. The number of rotatable bonds is 8. The van der Waals surface area contributed by atoms with Crippen molar-refractivity contribution in [3.63, 3.8) is 0 Å². The van der Waals surface area contributed by atoms with Crippen molar-refractivity contribution in [1.82, 2.24) is 10.2 Å². The number of anilines is 1. The Morgan fingerprint density at radius 3 is 2.32 bits per heavy atom. The van der Waals surface area contributed by atoms with Gasteiger partial charge < -0.3 is 10.2 Å². The van der Waals surface area contributed by atoms with Gasteiger partial charge in [0.15, 0.2) is 0 Å². The van der Waals surface area contributed by atoms with Crippen LogP contribution in [0.25, 0.3) is 0 Å². The molecule has 168 valence electrons. The lowest BCUT2D eigenvalue weighted by atomic mass is 10.1. The zero-order valence-corrected chi connectivity index (χ0v) is 18.7. The van der Waals surface area contributed by atoms with Crippen LogP contribution in [0.2, 0.25) is 5.02 Å².